The van der Waals surface area contributed by atoms with Crippen molar-refractivity contribution in [2.45, 2.75) is 31.3 Å². The topological polar surface area (TPSA) is 58.4 Å². The van der Waals surface area contributed by atoms with Crippen molar-refractivity contribution < 1.29 is 4.79 Å². The Hall–Kier alpha value is -0.330. The van der Waals surface area contributed by atoms with E-state index < -0.39 is 5.54 Å². The maximum Gasteiger partial charge on any atom is 0.240 e. The maximum atomic E-state index is 11.7. The Morgan fingerprint density at radius 1 is 1.45 bits per heavy atom. The molecule has 3 N–H and O–H groups in total. The lowest BCUT2D eigenvalue weighted by molar-refractivity contribution is -0.123. The molecule has 1 aromatic heterocycles. The predicted octanol–water partition coefficient (Wildman–Crippen LogP) is 1.56. The summed E-state index contributed by atoms with van der Waals surface area (Å²) >= 11 is 1.85. The standard InChI is InChI=1S/C13H19N3OS.2ClH/c14-13(3-4-13)12(17)15-5-7-16-6-1-11-10(9-16)2-8-18-11;;/h2,8H,1,3-7,9,14H2,(H,15,17);2*1H. The van der Waals surface area contributed by atoms with E-state index in [1.807, 2.05) is 11.3 Å². The second-order valence-electron chi connectivity index (χ2n) is 5.31. The number of carbonyl (C=O) groups is 1. The number of thiophene rings is 1. The third kappa shape index (κ3) is 3.86. The van der Waals surface area contributed by atoms with Crippen LogP contribution >= 0.6 is 36.2 Å². The molecule has 1 aliphatic carbocycles. The molecule has 0 spiro atoms. The molecule has 1 fully saturated rings. The first-order chi connectivity index (χ1) is 8.67. The Morgan fingerprint density at radius 3 is 2.90 bits per heavy atom. The van der Waals surface area contributed by atoms with Gasteiger partial charge in [0.2, 0.25) is 5.91 Å². The Bertz CT molecular complexity index is 462. The third-order valence-corrected chi connectivity index (χ3v) is 4.86. The normalized spacial score (nSPS) is 19.2. The van der Waals surface area contributed by atoms with Gasteiger partial charge < -0.3 is 11.1 Å². The van der Waals surface area contributed by atoms with E-state index in [9.17, 15) is 4.79 Å². The van der Waals surface area contributed by atoms with Gasteiger partial charge in [0.1, 0.15) is 0 Å². The monoisotopic (exact) mass is 337 g/mol. The van der Waals surface area contributed by atoms with E-state index in [1.165, 1.54) is 10.4 Å². The van der Waals surface area contributed by atoms with E-state index in [-0.39, 0.29) is 30.7 Å². The van der Waals surface area contributed by atoms with Gasteiger partial charge in [0.25, 0.3) is 0 Å². The Kier molecular flexibility index (Phi) is 6.28. The lowest BCUT2D eigenvalue weighted by Gasteiger charge is -2.26. The van der Waals surface area contributed by atoms with E-state index in [2.05, 4.69) is 21.7 Å². The first kappa shape index (κ1) is 17.7. The molecule has 2 aliphatic rings. The zero-order valence-corrected chi connectivity index (χ0v) is 13.7. The zero-order valence-electron chi connectivity index (χ0n) is 11.3. The molecule has 114 valence electrons. The molecule has 0 aromatic carbocycles. The van der Waals surface area contributed by atoms with Gasteiger partial charge in [-0.05, 0) is 36.3 Å². The smallest absolute Gasteiger partial charge is 0.240 e. The molecule has 1 aliphatic heterocycles. The molecule has 1 aromatic rings. The number of halogens is 2. The minimum absolute atomic E-state index is 0. The molecule has 1 amide bonds. The van der Waals surface area contributed by atoms with Crippen LogP contribution in [0.25, 0.3) is 0 Å². The summed E-state index contributed by atoms with van der Waals surface area (Å²) in [7, 11) is 0. The van der Waals surface area contributed by atoms with Crippen molar-refractivity contribution in [3.63, 3.8) is 0 Å². The van der Waals surface area contributed by atoms with Crippen LogP contribution in [-0.4, -0.2) is 36.0 Å². The van der Waals surface area contributed by atoms with Crippen LogP contribution in [0.15, 0.2) is 11.4 Å². The van der Waals surface area contributed by atoms with Gasteiger partial charge in [0.05, 0.1) is 5.54 Å². The molecule has 0 atom stereocenters. The molecule has 4 nitrogen and oxygen atoms in total. The number of carbonyl (C=O) groups excluding carboxylic acids is 1. The van der Waals surface area contributed by atoms with Gasteiger partial charge in [0.15, 0.2) is 0 Å². The van der Waals surface area contributed by atoms with Crippen molar-refractivity contribution in [1.82, 2.24) is 10.2 Å². The molecule has 0 radical (unpaired) electrons. The van der Waals surface area contributed by atoms with E-state index >= 15 is 0 Å². The second-order valence-corrected chi connectivity index (χ2v) is 6.31. The molecular formula is C13H21Cl2N3OS. The number of nitrogens with zero attached hydrogens (tertiary/aromatic N) is 1. The number of nitrogens with two attached hydrogens (primary N) is 1. The molecule has 0 bridgehead atoms. The molecular weight excluding hydrogens is 317 g/mol. The van der Waals surface area contributed by atoms with Crippen molar-refractivity contribution in [2.75, 3.05) is 19.6 Å². The van der Waals surface area contributed by atoms with Gasteiger partial charge in [-0.1, -0.05) is 0 Å². The number of nitrogens with one attached hydrogen (secondary N) is 1. The number of rotatable bonds is 4. The van der Waals surface area contributed by atoms with Gasteiger partial charge in [-0.15, -0.1) is 36.2 Å². The average Bonchev–Trinajstić information content (AvgIpc) is 2.95. The molecule has 0 saturated heterocycles. The van der Waals surface area contributed by atoms with Gasteiger partial charge in [-0.2, -0.15) is 0 Å². The van der Waals surface area contributed by atoms with Crippen LogP contribution in [0.4, 0.5) is 0 Å². The Balaban J connectivity index is 0.000001000. The highest BCUT2D eigenvalue weighted by Gasteiger charge is 2.45. The van der Waals surface area contributed by atoms with Gasteiger partial charge in [-0.3, -0.25) is 9.69 Å². The largest absolute Gasteiger partial charge is 0.353 e. The SMILES string of the molecule is Cl.Cl.NC1(C(=O)NCCN2CCc3sccc3C2)CC1. The maximum absolute atomic E-state index is 11.7. The average molecular weight is 338 g/mol. The van der Waals surface area contributed by atoms with E-state index in [0.717, 1.165) is 38.9 Å². The second kappa shape index (κ2) is 7.09. The number of hydrogen-bond acceptors (Lipinski definition) is 4. The van der Waals surface area contributed by atoms with Crippen LogP contribution in [0.2, 0.25) is 0 Å². The highest BCUT2D eigenvalue weighted by atomic mass is 35.5. The minimum Gasteiger partial charge on any atom is -0.353 e. The van der Waals surface area contributed by atoms with E-state index in [1.54, 1.807) is 0 Å². The van der Waals surface area contributed by atoms with Crippen LogP contribution in [0.3, 0.4) is 0 Å². The summed E-state index contributed by atoms with van der Waals surface area (Å²) in [5.74, 6) is 0.0238. The zero-order chi connectivity index (χ0) is 12.6. The molecule has 2 heterocycles. The van der Waals surface area contributed by atoms with Gasteiger partial charge in [-0.25, -0.2) is 0 Å². The van der Waals surface area contributed by atoms with Crippen molar-refractivity contribution in [3.8, 4) is 0 Å². The minimum atomic E-state index is -0.539. The number of hydrogen-bond donors (Lipinski definition) is 2. The predicted molar refractivity (Wildman–Crippen MR) is 87.0 cm³/mol. The number of fused-ring (bicyclic) bond motifs is 1. The molecule has 0 unspecified atom stereocenters. The third-order valence-electron chi connectivity index (χ3n) is 3.84. The summed E-state index contributed by atoms with van der Waals surface area (Å²) in [5, 5.41) is 5.12. The van der Waals surface area contributed by atoms with Crippen LogP contribution in [0, 0.1) is 0 Å². The first-order valence-corrected chi connectivity index (χ1v) is 7.40. The number of amides is 1. The molecule has 1 saturated carbocycles. The van der Waals surface area contributed by atoms with Crippen LogP contribution in [0.5, 0.6) is 0 Å². The van der Waals surface area contributed by atoms with E-state index in [4.69, 9.17) is 5.73 Å². The first-order valence-electron chi connectivity index (χ1n) is 6.52. The summed E-state index contributed by atoms with van der Waals surface area (Å²) in [5.41, 5.74) is 6.75. The van der Waals surface area contributed by atoms with Crippen molar-refractivity contribution in [3.05, 3.63) is 21.9 Å². The summed E-state index contributed by atoms with van der Waals surface area (Å²) in [6.45, 7) is 3.73. The Morgan fingerprint density at radius 2 is 2.20 bits per heavy atom. The quantitative estimate of drug-likeness (QED) is 0.876. The molecule has 7 heteroatoms. The summed E-state index contributed by atoms with van der Waals surface area (Å²) in [6, 6.07) is 2.21. The van der Waals surface area contributed by atoms with Crippen molar-refractivity contribution in [1.29, 1.82) is 0 Å². The summed E-state index contributed by atoms with van der Waals surface area (Å²) in [4.78, 5) is 15.6. The van der Waals surface area contributed by atoms with Crippen LogP contribution in [0.1, 0.15) is 23.3 Å². The fourth-order valence-corrected chi connectivity index (χ4v) is 3.25. The highest BCUT2D eigenvalue weighted by molar-refractivity contribution is 7.10. The van der Waals surface area contributed by atoms with Crippen molar-refractivity contribution in [2.24, 2.45) is 5.73 Å². The fourth-order valence-electron chi connectivity index (χ4n) is 2.36. The highest BCUT2D eigenvalue weighted by Crippen LogP contribution is 2.32. The van der Waals surface area contributed by atoms with Crippen molar-refractivity contribution >= 4 is 42.1 Å². The van der Waals surface area contributed by atoms with Gasteiger partial charge >= 0.3 is 0 Å². The molecule has 3 rings (SSSR count). The fraction of sp³-hybridized carbons (Fsp3) is 0.615. The van der Waals surface area contributed by atoms with Crippen LogP contribution in [-0.2, 0) is 17.8 Å². The Labute approximate surface area is 135 Å². The summed E-state index contributed by atoms with van der Waals surface area (Å²) < 4.78 is 0. The summed E-state index contributed by atoms with van der Waals surface area (Å²) in [6.07, 6.45) is 2.81. The lowest BCUT2D eigenvalue weighted by Crippen LogP contribution is -2.45. The van der Waals surface area contributed by atoms with Crippen LogP contribution < -0.4 is 11.1 Å². The lowest BCUT2D eigenvalue weighted by atomic mass is 10.1. The van der Waals surface area contributed by atoms with E-state index in [0.29, 0.717) is 6.54 Å². The molecule has 20 heavy (non-hydrogen) atoms. The van der Waals surface area contributed by atoms with Gasteiger partial charge in [0, 0.05) is 31.1 Å².